The Bertz CT molecular complexity index is 356. The van der Waals surface area contributed by atoms with Crippen molar-refractivity contribution in [1.82, 2.24) is 4.90 Å². The molecule has 1 heterocycles. The monoisotopic (exact) mass is 285 g/mol. The molecule has 2 unspecified atom stereocenters. The number of carboxylic acids is 1. The number of carbonyl (C=O) groups is 2. The number of nitrogens with zero attached hydrogens (tertiary/aromatic N) is 1. The van der Waals surface area contributed by atoms with Crippen molar-refractivity contribution >= 4 is 11.9 Å². The molecule has 2 atom stereocenters. The largest absolute Gasteiger partial charge is 0.481 e. The number of amides is 1. The molecule has 0 aromatic carbocycles. The molecular weight excluding hydrogens is 258 g/mol. The molecule has 5 nitrogen and oxygen atoms in total. The van der Waals surface area contributed by atoms with Gasteiger partial charge >= 0.3 is 5.97 Å². The van der Waals surface area contributed by atoms with Gasteiger partial charge in [-0.1, -0.05) is 13.8 Å². The van der Waals surface area contributed by atoms with Crippen molar-refractivity contribution in [3.63, 3.8) is 0 Å². The Morgan fingerprint density at radius 1 is 1.40 bits per heavy atom. The van der Waals surface area contributed by atoms with Crippen molar-refractivity contribution in [3.8, 4) is 0 Å². The third-order valence-electron chi connectivity index (χ3n) is 4.67. The van der Waals surface area contributed by atoms with Gasteiger partial charge in [0.1, 0.15) is 0 Å². The first-order valence-corrected chi connectivity index (χ1v) is 7.46. The van der Waals surface area contributed by atoms with Gasteiger partial charge in [0.2, 0.25) is 5.91 Å². The van der Waals surface area contributed by atoms with Crippen LogP contribution in [0.1, 0.15) is 52.9 Å². The average Bonchev–Trinajstić information content (AvgIpc) is 2.83. The fourth-order valence-electron chi connectivity index (χ4n) is 2.73. The second-order valence-electron chi connectivity index (χ2n) is 6.30. The van der Waals surface area contributed by atoms with Gasteiger partial charge in [-0.05, 0) is 38.5 Å². The number of hydrogen-bond acceptors (Lipinski definition) is 3. The van der Waals surface area contributed by atoms with E-state index in [1.807, 2.05) is 18.7 Å². The lowest BCUT2D eigenvalue weighted by Gasteiger charge is -2.32. The van der Waals surface area contributed by atoms with Crippen molar-refractivity contribution in [2.45, 2.75) is 58.9 Å². The molecule has 1 rings (SSSR count). The van der Waals surface area contributed by atoms with Crippen LogP contribution in [0.5, 0.6) is 0 Å². The van der Waals surface area contributed by atoms with Gasteiger partial charge in [-0.15, -0.1) is 0 Å². The first-order chi connectivity index (χ1) is 9.32. The highest BCUT2D eigenvalue weighted by atomic mass is 16.4. The summed E-state index contributed by atoms with van der Waals surface area (Å²) in [6.45, 7) is 6.18. The predicted octanol–water partition coefficient (Wildman–Crippen LogP) is 1.89. The van der Waals surface area contributed by atoms with Gasteiger partial charge in [0.05, 0.1) is 5.41 Å². The lowest BCUT2D eigenvalue weighted by Crippen LogP contribution is -2.42. The number of hydrogen-bond donors (Lipinski definition) is 2. The predicted molar refractivity (Wildman–Crippen MR) is 76.3 cm³/mol. The summed E-state index contributed by atoms with van der Waals surface area (Å²) in [5.41, 5.74) is -1.01. The van der Waals surface area contributed by atoms with Gasteiger partial charge in [0, 0.05) is 25.6 Å². The maximum Gasteiger partial charge on any atom is 0.310 e. The molecule has 1 fully saturated rings. The summed E-state index contributed by atoms with van der Waals surface area (Å²) in [5, 5.41) is 18.3. The van der Waals surface area contributed by atoms with E-state index in [1.165, 1.54) is 0 Å². The van der Waals surface area contributed by atoms with E-state index in [4.69, 9.17) is 5.11 Å². The van der Waals surface area contributed by atoms with Gasteiger partial charge in [0.25, 0.3) is 0 Å². The normalized spacial score (nSPS) is 22.1. The number of likely N-dealkylation sites (tertiary alicyclic amines) is 1. The number of rotatable bonds is 7. The second kappa shape index (κ2) is 7.07. The first-order valence-electron chi connectivity index (χ1n) is 7.46. The smallest absolute Gasteiger partial charge is 0.310 e. The van der Waals surface area contributed by atoms with E-state index in [2.05, 4.69) is 0 Å². The van der Waals surface area contributed by atoms with E-state index in [9.17, 15) is 14.7 Å². The van der Waals surface area contributed by atoms with Gasteiger partial charge in [-0.25, -0.2) is 0 Å². The highest BCUT2D eigenvalue weighted by molar-refractivity contribution is 5.85. The maximum absolute atomic E-state index is 12.4. The topological polar surface area (TPSA) is 77.8 Å². The summed E-state index contributed by atoms with van der Waals surface area (Å²) in [7, 11) is 0. The molecule has 0 aromatic heterocycles. The second-order valence-corrected chi connectivity index (χ2v) is 6.30. The number of aliphatic hydroxyl groups is 1. The quantitative estimate of drug-likeness (QED) is 0.748. The van der Waals surface area contributed by atoms with Gasteiger partial charge in [-0.2, -0.15) is 0 Å². The molecule has 0 radical (unpaired) electrons. The zero-order chi connectivity index (χ0) is 15.3. The van der Waals surface area contributed by atoms with Gasteiger partial charge < -0.3 is 15.1 Å². The van der Waals surface area contributed by atoms with Crippen LogP contribution >= 0.6 is 0 Å². The van der Waals surface area contributed by atoms with E-state index in [0.29, 0.717) is 13.0 Å². The number of aliphatic carboxylic acids is 1. The molecule has 1 aliphatic heterocycles. The van der Waals surface area contributed by atoms with Crippen LogP contribution in [0.3, 0.4) is 0 Å². The highest BCUT2D eigenvalue weighted by Gasteiger charge is 2.41. The van der Waals surface area contributed by atoms with E-state index in [-0.39, 0.29) is 30.9 Å². The maximum atomic E-state index is 12.4. The minimum atomic E-state index is -1.01. The first kappa shape index (κ1) is 17.0. The van der Waals surface area contributed by atoms with Crippen LogP contribution < -0.4 is 0 Å². The van der Waals surface area contributed by atoms with Crippen molar-refractivity contribution in [2.24, 2.45) is 11.3 Å². The highest BCUT2D eigenvalue weighted by Crippen LogP contribution is 2.33. The van der Waals surface area contributed by atoms with E-state index >= 15 is 0 Å². The SMILES string of the molecule is CC(C)C(C)(CC(=O)N1CCCC1CCCO)C(=O)O. The Morgan fingerprint density at radius 2 is 2.05 bits per heavy atom. The Morgan fingerprint density at radius 3 is 2.55 bits per heavy atom. The third-order valence-corrected chi connectivity index (χ3v) is 4.67. The lowest BCUT2D eigenvalue weighted by molar-refractivity contribution is -0.155. The van der Waals surface area contributed by atoms with Crippen LogP contribution in [0.15, 0.2) is 0 Å². The fraction of sp³-hybridized carbons (Fsp3) is 0.867. The third kappa shape index (κ3) is 3.72. The lowest BCUT2D eigenvalue weighted by atomic mass is 9.76. The standard InChI is InChI=1S/C15H27NO4/c1-11(2)15(3,14(19)20)10-13(18)16-8-4-6-12(16)7-5-9-17/h11-12,17H,4-10H2,1-3H3,(H,19,20). The average molecular weight is 285 g/mol. The summed E-state index contributed by atoms with van der Waals surface area (Å²) >= 11 is 0. The molecular formula is C15H27NO4. The van der Waals surface area contributed by atoms with Gasteiger partial charge in [0.15, 0.2) is 0 Å². The van der Waals surface area contributed by atoms with Crippen LogP contribution in [0, 0.1) is 11.3 Å². The van der Waals surface area contributed by atoms with Crippen molar-refractivity contribution in [2.75, 3.05) is 13.2 Å². The van der Waals surface area contributed by atoms with Crippen LogP contribution in [-0.4, -0.2) is 46.2 Å². The summed E-state index contributed by atoms with van der Waals surface area (Å²) in [6, 6.07) is 0.167. The van der Waals surface area contributed by atoms with Crippen molar-refractivity contribution in [1.29, 1.82) is 0 Å². The molecule has 20 heavy (non-hydrogen) atoms. The van der Waals surface area contributed by atoms with Crippen LogP contribution in [0.4, 0.5) is 0 Å². The summed E-state index contributed by atoms with van der Waals surface area (Å²) < 4.78 is 0. The number of carbonyl (C=O) groups excluding carboxylic acids is 1. The molecule has 0 aromatic rings. The molecule has 0 saturated carbocycles. The Kier molecular flexibility index (Phi) is 5.99. The van der Waals surface area contributed by atoms with Crippen molar-refractivity contribution in [3.05, 3.63) is 0 Å². The number of aliphatic hydroxyl groups excluding tert-OH is 1. The van der Waals surface area contributed by atoms with E-state index in [0.717, 1.165) is 19.3 Å². The molecule has 1 aliphatic rings. The van der Waals surface area contributed by atoms with Crippen molar-refractivity contribution < 1.29 is 19.8 Å². The van der Waals surface area contributed by atoms with E-state index in [1.54, 1.807) is 6.92 Å². The molecule has 0 bridgehead atoms. The zero-order valence-electron chi connectivity index (χ0n) is 12.8. The summed E-state index contributed by atoms with van der Waals surface area (Å²) in [4.78, 5) is 25.7. The summed E-state index contributed by atoms with van der Waals surface area (Å²) in [5.74, 6) is -1.07. The molecule has 0 aliphatic carbocycles. The van der Waals surface area contributed by atoms with Crippen LogP contribution in [-0.2, 0) is 9.59 Å². The zero-order valence-corrected chi connectivity index (χ0v) is 12.8. The molecule has 116 valence electrons. The Labute approximate surface area is 121 Å². The minimum absolute atomic E-state index is 0.0512. The molecule has 1 amide bonds. The Hall–Kier alpha value is -1.10. The summed E-state index contributed by atoms with van der Waals surface area (Å²) in [6.07, 6.45) is 3.46. The minimum Gasteiger partial charge on any atom is -0.481 e. The molecule has 5 heteroatoms. The molecule has 1 saturated heterocycles. The van der Waals surface area contributed by atoms with E-state index < -0.39 is 11.4 Å². The molecule has 2 N–H and O–H groups in total. The Balaban J connectivity index is 2.71. The number of carboxylic acid groups (broad SMARTS) is 1. The molecule has 0 spiro atoms. The fourth-order valence-corrected chi connectivity index (χ4v) is 2.73. The van der Waals surface area contributed by atoms with Crippen LogP contribution in [0.2, 0.25) is 0 Å². The van der Waals surface area contributed by atoms with Crippen LogP contribution in [0.25, 0.3) is 0 Å². The van der Waals surface area contributed by atoms with Gasteiger partial charge in [-0.3, -0.25) is 9.59 Å².